The number of hydrogen-bond acceptors (Lipinski definition) is 3. The topological polar surface area (TPSA) is 53.4 Å². The van der Waals surface area contributed by atoms with Crippen molar-refractivity contribution >= 4 is 5.97 Å². The van der Waals surface area contributed by atoms with E-state index in [9.17, 15) is 9.90 Å². The number of nitrogens with zero attached hydrogens (tertiary/aromatic N) is 2. The molecule has 0 saturated carbocycles. The van der Waals surface area contributed by atoms with Gasteiger partial charge in [0.25, 0.3) is 0 Å². The molecule has 1 aromatic heterocycles. The van der Waals surface area contributed by atoms with Crippen molar-refractivity contribution in [2.75, 3.05) is 13.1 Å². The summed E-state index contributed by atoms with van der Waals surface area (Å²) in [5.74, 6) is -0.987. The Kier molecular flexibility index (Phi) is 4.72. The molecule has 4 nitrogen and oxygen atoms in total. The van der Waals surface area contributed by atoms with Crippen molar-refractivity contribution in [1.29, 1.82) is 0 Å². The number of carboxylic acid groups (broad SMARTS) is 1. The summed E-state index contributed by atoms with van der Waals surface area (Å²) in [6.07, 6.45) is 3.47. The van der Waals surface area contributed by atoms with Crippen LogP contribution in [0.3, 0.4) is 0 Å². The number of rotatable bonds is 4. The van der Waals surface area contributed by atoms with Gasteiger partial charge < -0.3 is 5.11 Å². The smallest absolute Gasteiger partial charge is 0.307 e. The molecule has 3 rings (SSSR count). The van der Waals surface area contributed by atoms with Gasteiger partial charge in [-0.2, -0.15) is 0 Å². The van der Waals surface area contributed by atoms with Gasteiger partial charge in [-0.05, 0) is 44.0 Å². The van der Waals surface area contributed by atoms with Crippen LogP contribution < -0.4 is 0 Å². The fraction of sp³-hybridized carbons (Fsp3) is 0.368. The number of hydrogen-bond donors (Lipinski definition) is 1. The van der Waals surface area contributed by atoms with E-state index < -0.39 is 5.97 Å². The summed E-state index contributed by atoms with van der Waals surface area (Å²) in [5.41, 5.74) is 3.36. The standard InChI is InChI=1S/C19H22N2O2/c1-14-7-9-15(10-8-14)18(17-6-2-3-11-20-17)21-12-4-5-16(13-21)19(22)23/h2-3,6-11,16,18H,4-5,12-13H2,1H3,(H,22,23). The monoisotopic (exact) mass is 310 g/mol. The van der Waals surface area contributed by atoms with Crippen LogP contribution in [0, 0.1) is 12.8 Å². The van der Waals surface area contributed by atoms with Crippen LogP contribution in [0.2, 0.25) is 0 Å². The van der Waals surface area contributed by atoms with Gasteiger partial charge >= 0.3 is 5.97 Å². The van der Waals surface area contributed by atoms with Crippen LogP contribution >= 0.6 is 0 Å². The highest BCUT2D eigenvalue weighted by molar-refractivity contribution is 5.70. The van der Waals surface area contributed by atoms with E-state index in [0.29, 0.717) is 6.54 Å². The molecule has 120 valence electrons. The first-order valence-electron chi connectivity index (χ1n) is 8.09. The molecule has 1 aromatic carbocycles. The minimum absolute atomic E-state index is 0.0129. The Balaban J connectivity index is 1.95. The highest BCUT2D eigenvalue weighted by Crippen LogP contribution is 2.31. The Morgan fingerprint density at radius 2 is 2.04 bits per heavy atom. The van der Waals surface area contributed by atoms with Crippen LogP contribution in [-0.4, -0.2) is 34.0 Å². The van der Waals surface area contributed by atoms with Crippen molar-refractivity contribution in [1.82, 2.24) is 9.88 Å². The summed E-state index contributed by atoms with van der Waals surface area (Å²) < 4.78 is 0. The number of carbonyl (C=O) groups is 1. The lowest BCUT2D eigenvalue weighted by molar-refractivity contribution is -0.143. The molecule has 0 radical (unpaired) electrons. The first-order chi connectivity index (χ1) is 11.1. The first kappa shape index (κ1) is 15.7. The second-order valence-corrected chi connectivity index (χ2v) is 6.24. The number of piperidine rings is 1. The predicted octanol–water partition coefficient (Wildman–Crippen LogP) is 3.28. The Bertz CT molecular complexity index is 655. The Hall–Kier alpha value is -2.20. The fourth-order valence-corrected chi connectivity index (χ4v) is 3.30. The SMILES string of the molecule is Cc1ccc(C(c2ccccn2)N2CCCC(C(=O)O)C2)cc1. The summed E-state index contributed by atoms with van der Waals surface area (Å²) in [6, 6.07) is 14.4. The number of pyridine rings is 1. The second-order valence-electron chi connectivity index (χ2n) is 6.24. The Morgan fingerprint density at radius 1 is 1.26 bits per heavy atom. The molecular weight excluding hydrogens is 288 g/mol. The van der Waals surface area contributed by atoms with Gasteiger partial charge in [0, 0.05) is 12.7 Å². The molecule has 2 heterocycles. The molecule has 1 aliphatic rings. The summed E-state index contributed by atoms with van der Waals surface area (Å²) in [7, 11) is 0. The molecule has 0 aliphatic carbocycles. The van der Waals surface area contributed by atoms with Gasteiger partial charge in [0.15, 0.2) is 0 Å². The van der Waals surface area contributed by atoms with Gasteiger partial charge in [0.1, 0.15) is 0 Å². The lowest BCUT2D eigenvalue weighted by Crippen LogP contribution is -2.41. The average Bonchev–Trinajstić information content (AvgIpc) is 2.58. The van der Waals surface area contributed by atoms with Gasteiger partial charge in [-0.3, -0.25) is 14.7 Å². The van der Waals surface area contributed by atoms with Crippen molar-refractivity contribution in [3.8, 4) is 0 Å². The molecule has 23 heavy (non-hydrogen) atoms. The van der Waals surface area contributed by atoms with Crippen LogP contribution in [-0.2, 0) is 4.79 Å². The number of aliphatic carboxylic acids is 1. The van der Waals surface area contributed by atoms with E-state index in [-0.39, 0.29) is 12.0 Å². The molecule has 0 amide bonds. The molecule has 1 aliphatic heterocycles. The van der Waals surface area contributed by atoms with Crippen LogP contribution in [0.5, 0.6) is 0 Å². The zero-order chi connectivity index (χ0) is 16.2. The number of aryl methyl sites for hydroxylation is 1. The van der Waals surface area contributed by atoms with E-state index in [1.54, 1.807) is 6.20 Å². The van der Waals surface area contributed by atoms with Gasteiger partial charge in [0.2, 0.25) is 0 Å². The largest absolute Gasteiger partial charge is 0.481 e. The van der Waals surface area contributed by atoms with Crippen molar-refractivity contribution < 1.29 is 9.90 Å². The molecule has 4 heteroatoms. The summed E-state index contributed by atoms with van der Waals surface area (Å²) in [6.45, 7) is 3.55. The highest BCUT2D eigenvalue weighted by Gasteiger charge is 2.31. The molecular formula is C19H22N2O2. The maximum absolute atomic E-state index is 11.4. The lowest BCUT2D eigenvalue weighted by atomic mass is 9.93. The minimum Gasteiger partial charge on any atom is -0.481 e. The lowest BCUT2D eigenvalue weighted by Gasteiger charge is -2.37. The number of likely N-dealkylation sites (tertiary alicyclic amines) is 1. The molecule has 0 bridgehead atoms. The number of aromatic nitrogens is 1. The summed E-state index contributed by atoms with van der Waals surface area (Å²) in [5, 5.41) is 9.37. The molecule has 1 saturated heterocycles. The summed E-state index contributed by atoms with van der Waals surface area (Å²) >= 11 is 0. The van der Waals surface area contributed by atoms with E-state index >= 15 is 0 Å². The third-order valence-corrected chi connectivity index (χ3v) is 4.53. The molecule has 1 fully saturated rings. The van der Waals surface area contributed by atoms with Crippen LogP contribution in [0.15, 0.2) is 48.7 Å². The second kappa shape index (κ2) is 6.92. The van der Waals surface area contributed by atoms with Gasteiger partial charge in [-0.25, -0.2) is 0 Å². The molecule has 1 N–H and O–H groups in total. The van der Waals surface area contributed by atoms with Crippen molar-refractivity contribution in [2.45, 2.75) is 25.8 Å². The van der Waals surface area contributed by atoms with Gasteiger partial charge in [0.05, 0.1) is 17.7 Å². The average molecular weight is 310 g/mol. The minimum atomic E-state index is -0.696. The summed E-state index contributed by atoms with van der Waals surface area (Å²) in [4.78, 5) is 18.2. The van der Waals surface area contributed by atoms with Gasteiger partial charge in [-0.1, -0.05) is 35.9 Å². The van der Waals surface area contributed by atoms with Crippen molar-refractivity contribution in [2.24, 2.45) is 5.92 Å². The van der Waals surface area contributed by atoms with Crippen LogP contribution in [0.1, 0.15) is 35.7 Å². The van der Waals surface area contributed by atoms with Crippen molar-refractivity contribution in [3.05, 3.63) is 65.5 Å². The maximum atomic E-state index is 11.4. The van der Waals surface area contributed by atoms with Gasteiger partial charge in [-0.15, -0.1) is 0 Å². The fourth-order valence-electron chi connectivity index (χ4n) is 3.30. The van der Waals surface area contributed by atoms with Crippen molar-refractivity contribution in [3.63, 3.8) is 0 Å². The zero-order valence-corrected chi connectivity index (χ0v) is 13.4. The number of benzene rings is 1. The first-order valence-corrected chi connectivity index (χ1v) is 8.09. The Labute approximate surface area is 136 Å². The maximum Gasteiger partial charge on any atom is 0.307 e. The van der Waals surface area contributed by atoms with E-state index in [1.165, 1.54) is 11.1 Å². The molecule has 2 unspecified atom stereocenters. The molecule has 2 atom stereocenters. The van der Waals surface area contributed by atoms with Crippen LogP contribution in [0.4, 0.5) is 0 Å². The van der Waals surface area contributed by atoms with E-state index in [1.807, 2.05) is 18.2 Å². The number of carboxylic acids is 1. The third-order valence-electron chi connectivity index (χ3n) is 4.53. The van der Waals surface area contributed by atoms with E-state index in [2.05, 4.69) is 41.1 Å². The normalized spacial score (nSPS) is 20.1. The van der Waals surface area contributed by atoms with E-state index in [0.717, 1.165) is 25.1 Å². The quantitative estimate of drug-likeness (QED) is 0.941. The third kappa shape index (κ3) is 3.59. The molecule has 2 aromatic rings. The van der Waals surface area contributed by atoms with Crippen LogP contribution in [0.25, 0.3) is 0 Å². The van der Waals surface area contributed by atoms with E-state index in [4.69, 9.17) is 0 Å². The zero-order valence-electron chi connectivity index (χ0n) is 13.4. The molecule has 0 spiro atoms. The highest BCUT2D eigenvalue weighted by atomic mass is 16.4. The predicted molar refractivity (Wildman–Crippen MR) is 89.2 cm³/mol. The Morgan fingerprint density at radius 3 is 2.70 bits per heavy atom.